The number of benzene rings is 1. The highest BCUT2D eigenvalue weighted by Crippen LogP contribution is 2.33. The summed E-state index contributed by atoms with van der Waals surface area (Å²) in [7, 11) is 0. The predicted octanol–water partition coefficient (Wildman–Crippen LogP) is 4.34. The van der Waals surface area contributed by atoms with Gasteiger partial charge in [0.15, 0.2) is 0 Å². The van der Waals surface area contributed by atoms with Crippen LogP contribution in [0.1, 0.15) is 24.6 Å². The van der Waals surface area contributed by atoms with Crippen molar-refractivity contribution in [1.29, 1.82) is 0 Å². The third kappa shape index (κ3) is 3.74. The Morgan fingerprint density at radius 1 is 1.13 bits per heavy atom. The van der Waals surface area contributed by atoms with E-state index in [1.54, 1.807) is 18.2 Å². The van der Waals surface area contributed by atoms with Crippen molar-refractivity contribution in [2.24, 2.45) is 0 Å². The van der Waals surface area contributed by atoms with Gasteiger partial charge in [-0.05, 0) is 37.1 Å². The molecule has 2 atom stereocenters. The molecule has 4 aromatic rings. The summed E-state index contributed by atoms with van der Waals surface area (Å²) in [5, 5.41) is 1.18. The SMILES string of the molecule is Nc1ncnc2c1ccn2[C@H]1CC[C@@H](COc2ccc3cc(C(F)(F)F)cnc3c2)O1. The predicted molar refractivity (Wildman–Crippen MR) is 107 cm³/mol. The summed E-state index contributed by atoms with van der Waals surface area (Å²) in [6, 6.07) is 7.77. The van der Waals surface area contributed by atoms with Crippen molar-refractivity contribution in [1.82, 2.24) is 19.5 Å². The molecule has 3 aromatic heterocycles. The van der Waals surface area contributed by atoms with Crippen molar-refractivity contribution in [2.75, 3.05) is 12.3 Å². The van der Waals surface area contributed by atoms with Gasteiger partial charge in [-0.15, -0.1) is 0 Å². The summed E-state index contributed by atoms with van der Waals surface area (Å²) >= 11 is 0. The number of anilines is 1. The molecule has 1 aliphatic heterocycles. The molecule has 1 saturated heterocycles. The van der Waals surface area contributed by atoms with Gasteiger partial charge in [0.1, 0.15) is 36.4 Å². The number of hydrogen-bond acceptors (Lipinski definition) is 6. The molecule has 10 heteroatoms. The summed E-state index contributed by atoms with van der Waals surface area (Å²) in [6.45, 7) is 0.318. The van der Waals surface area contributed by atoms with Gasteiger partial charge in [-0.25, -0.2) is 9.97 Å². The van der Waals surface area contributed by atoms with E-state index in [9.17, 15) is 13.2 Å². The number of nitrogens with zero attached hydrogens (tertiary/aromatic N) is 4. The first-order chi connectivity index (χ1) is 14.9. The fourth-order valence-corrected chi connectivity index (χ4v) is 3.77. The van der Waals surface area contributed by atoms with Crippen molar-refractivity contribution in [2.45, 2.75) is 31.3 Å². The number of nitrogens with two attached hydrogens (primary N) is 1. The first-order valence-electron chi connectivity index (χ1n) is 9.71. The van der Waals surface area contributed by atoms with Gasteiger partial charge < -0.3 is 19.8 Å². The summed E-state index contributed by atoms with van der Waals surface area (Å²) < 4.78 is 52.4. The molecule has 0 saturated carbocycles. The molecule has 1 fully saturated rings. The zero-order valence-corrected chi connectivity index (χ0v) is 16.2. The van der Waals surface area contributed by atoms with E-state index in [1.165, 1.54) is 6.33 Å². The lowest BCUT2D eigenvalue weighted by atomic mass is 10.1. The first kappa shape index (κ1) is 19.6. The zero-order chi connectivity index (χ0) is 21.6. The minimum atomic E-state index is -4.42. The molecule has 0 aliphatic carbocycles. The van der Waals surface area contributed by atoms with Crippen LogP contribution in [0.3, 0.4) is 0 Å². The maximum Gasteiger partial charge on any atom is 0.417 e. The highest BCUT2D eigenvalue weighted by atomic mass is 19.4. The molecule has 1 aliphatic rings. The molecule has 160 valence electrons. The van der Waals surface area contributed by atoms with Gasteiger partial charge in [0, 0.05) is 23.8 Å². The van der Waals surface area contributed by atoms with E-state index in [0.29, 0.717) is 29.1 Å². The van der Waals surface area contributed by atoms with Gasteiger partial charge in [-0.2, -0.15) is 13.2 Å². The van der Waals surface area contributed by atoms with Crippen LogP contribution in [0.25, 0.3) is 21.9 Å². The van der Waals surface area contributed by atoms with E-state index in [2.05, 4.69) is 15.0 Å². The number of nitrogen functional groups attached to an aromatic ring is 1. The second kappa shape index (κ2) is 7.38. The van der Waals surface area contributed by atoms with Crippen LogP contribution in [0.15, 0.2) is 49.1 Å². The number of pyridine rings is 1. The van der Waals surface area contributed by atoms with Crippen LogP contribution in [0.5, 0.6) is 5.75 Å². The molecule has 1 aromatic carbocycles. The third-order valence-corrected chi connectivity index (χ3v) is 5.35. The number of rotatable bonds is 4. The number of fused-ring (bicyclic) bond motifs is 2. The molecule has 7 nitrogen and oxygen atoms in total. The van der Waals surface area contributed by atoms with Crippen molar-refractivity contribution in [3.8, 4) is 5.75 Å². The standard InChI is InChI=1S/C21H18F3N5O2/c22-21(23,24)13-7-12-1-2-14(8-17(12)26-9-13)30-10-15-3-4-18(31-15)29-6-5-16-19(25)27-11-28-20(16)29/h1-2,5-9,11,15,18H,3-4,10H2,(H2,25,27,28)/t15-,18+/m0/s1. The average Bonchev–Trinajstić information content (AvgIpc) is 3.38. The minimum Gasteiger partial charge on any atom is -0.491 e. The van der Waals surface area contributed by atoms with E-state index in [-0.39, 0.29) is 12.3 Å². The largest absolute Gasteiger partial charge is 0.491 e. The number of ether oxygens (including phenoxy) is 2. The van der Waals surface area contributed by atoms with E-state index >= 15 is 0 Å². The van der Waals surface area contributed by atoms with E-state index < -0.39 is 11.7 Å². The molecule has 5 rings (SSSR count). The van der Waals surface area contributed by atoms with Crippen molar-refractivity contribution >= 4 is 27.8 Å². The van der Waals surface area contributed by atoms with E-state index in [1.807, 2.05) is 16.8 Å². The van der Waals surface area contributed by atoms with Gasteiger partial charge in [0.05, 0.1) is 22.6 Å². The fourth-order valence-electron chi connectivity index (χ4n) is 3.77. The molecule has 0 amide bonds. The zero-order valence-electron chi connectivity index (χ0n) is 16.2. The smallest absolute Gasteiger partial charge is 0.417 e. The van der Waals surface area contributed by atoms with Crippen molar-refractivity contribution in [3.63, 3.8) is 0 Å². The molecule has 0 unspecified atom stereocenters. The van der Waals surface area contributed by atoms with Crippen molar-refractivity contribution < 1.29 is 22.6 Å². The third-order valence-electron chi connectivity index (χ3n) is 5.35. The van der Waals surface area contributed by atoms with Crippen molar-refractivity contribution in [3.05, 3.63) is 54.6 Å². The Morgan fingerprint density at radius 2 is 2.00 bits per heavy atom. The van der Waals surface area contributed by atoms with Crippen LogP contribution in [0, 0.1) is 0 Å². The van der Waals surface area contributed by atoms with Gasteiger partial charge in [0.2, 0.25) is 0 Å². The number of halogens is 3. The molecular formula is C21H18F3N5O2. The molecule has 0 bridgehead atoms. The van der Waals surface area contributed by atoms with Gasteiger partial charge in [-0.1, -0.05) is 0 Å². The monoisotopic (exact) mass is 429 g/mol. The number of aromatic nitrogens is 4. The highest BCUT2D eigenvalue weighted by Gasteiger charge is 2.31. The van der Waals surface area contributed by atoms with Gasteiger partial charge in [0.25, 0.3) is 0 Å². The first-order valence-corrected chi connectivity index (χ1v) is 9.71. The minimum absolute atomic E-state index is 0.127. The number of alkyl halides is 3. The van der Waals surface area contributed by atoms with Gasteiger partial charge in [-0.3, -0.25) is 4.98 Å². The maximum atomic E-state index is 12.8. The number of hydrogen-bond donors (Lipinski definition) is 1. The molecule has 2 N–H and O–H groups in total. The summed E-state index contributed by atoms with van der Waals surface area (Å²) in [5.74, 6) is 0.952. The molecule has 4 heterocycles. The second-order valence-electron chi connectivity index (χ2n) is 7.40. The average molecular weight is 429 g/mol. The van der Waals surface area contributed by atoms with Crippen LogP contribution in [-0.4, -0.2) is 32.2 Å². The lowest BCUT2D eigenvalue weighted by Crippen LogP contribution is -2.18. The molecule has 31 heavy (non-hydrogen) atoms. The Morgan fingerprint density at radius 3 is 2.84 bits per heavy atom. The van der Waals surface area contributed by atoms with Crippen LogP contribution >= 0.6 is 0 Å². The van der Waals surface area contributed by atoms with Crippen LogP contribution in [-0.2, 0) is 10.9 Å². The lowest BCUT2D eigenvalue weighted by molar-refractivity contribution is -0.137. The summed E-state index contributed by atoms with van der Waals surface area (Å²) in [4.78, 5) is 12.2. The Kier molecular flexibility index (Phi) is 4.66. The van der Waals surface area contributed by atoms with Crippen LogP contribution in [0.4, 0.5) is 19.0 Å². The maximum absolute atomic E-state index is 12.8. The Balaban J connectivity index is 1.25. The molecular weight excluding hydrogens is 411 g/mol. The van der Waals surface area contributed by atoms with Gasteiger partial charge >= 0.3 is 6.18 Å². The Labute approximate surface area is 174 Å². The molecule has 0 spiro atoms. The topological polar surface area (TPSA) is 88.1 Å². The summed E-state index contributed by atoms with van der Waals surface area (Å²) in [5.41, 5.74) is 6.27. The van der Waals surface area contributed by atoms with Crippen LogP contribution < -0.4 is 10.5 Å². The fraction of sp³-hybridized carbons (Fsp3) is 0.286. The van der Waals surface area contributed by atoms with E-state index in [4.69, 9.17) is 15.2 Å². The van der Waals surface area contributed by atoms with Crippen LogP contribution in [0.2, 0.25) is 0 Å². The normalized spacial score (nSPS) is 19.3. The quantitative estimate of drug-likeness (QED) is 0.519. The summed E-state index contributed by atoms with van der Waals surface area (Å²) in [6.07, 6.45) is 0.997. The molecule has 0 radical (unpaired) electrons. The second-order valence-corrected chi connectivity index (χ2v) is 7.40. The highest BCUT2D eigenvalue weighted by molar-refractivity contribution is 5.86. The lowest BCUT2D eigenvalue weighted by Gasteiger charge is -2.16. The Bertz CT molecular complexity index is 1260. The van der Waals surface area contributed by atoms with E-state index in [0.717, 1.165) is 36.1 Å². The Hall–Kier alpha value is -3.40.